The van der Waals surface area contributed by atoms with Crippen LogP contribution in [0.15, 0.2) is 42.5 Å². The van der Waals surface area contributed by atoms with E-state index >= 15 is 0 Å². The van der Waals surface area contributed by atoms with Crippen LogP contribution in [0.4, 0.5) is 17.1 Å². The van der Waals surface area contributed by atoms with Crippen LogP contribution in [0.2, 0.25) is 0 Å². The van der Waals surface area contributed by atoms with Crippen LogP contribution in [0, 0.1) is 10.1 Å². The molecule has 33 heavy (non-hydrogen) atoms. The van der Waals surface area contributed by atoms with Crippen molar-refractivity contribution in [1.82, 2.24) is 4.90 Å². The van der Waals surface area contributed by atoms with Crippen LogP contribution in [0.1, 0.15) is 18.4 Å². The van der Waals surface area contributed by atoms with E-state index in [0.29, 0.717) is 13.0 Å². The zero-order valence-electron chi connectivity index (χ0n) is 18.6. The van der Waals surface area contributed by atoms with Crippen LogP contribution in [0.5, 0.6) is 5.75 Å². The molecule has 0 aliphatic carbocycles. The zero-order valence-corrected chi connectivity index (χ0v) is 20.3. The molecule has 10 heteroatoms. The van der Waals surface area contributed by atoms with E-state index in [1.165, 1.54) is 6.07 Å². The van der Waals surface area contributed by atoms with Crippen molar-refractivity contribution in [1.29, 1.82) is 0 Å². The van der Waals surface area contributed by atoms with Gasteiger partial charge in [0.1, 0.15) is 5.75 Å². The number of carbonyl (C=O) groups is 1. The molecule has 2 heterocycles. The summed E-state index contributed by atoms with van der Waals surface area (Å²) < 4.78 is 5.47. The van der Waals surface area contributed by atoms with Crippen molar-refractivity contribution in [3.8, 4) is 5.75 Å². The first-order chi connectivity index (χ1) is 15.1. The van der Waals surface area contributed by atoms with Gasteiger partial charge in [-0.3, -0.25) is 19.8 Å². The Bertz CT molecular complexity index is 967. The summed E-state index contributed by atoms with van der Waals surface area (Å²) in [6.45, 7) is 5.10. The number of halogens is 2. The van der Waals surface area contributed by atoms with Gasteiger partial charge in [-0.2, -0.15) is 0 Å². The van der Waals surface area contributed by atoms with Gasteiger partial charge in [-0.25, -0.2) is 0 Å². The van der Waals surface area contributed by atoms with Crippen LogP contribution in [-0.2, 0) is 11.2 Å². The number of benzene rings is 2. The van der Waals surface area contributed by atoms with Gasteiger partial charge in [0.05, 0.1) is 17.7 Å². The number of piperazine rings is 1. The van der Waals surface area contributed by atoms with E-state index in [4.69, 9.17) is 4.74 Å². The van der Waals surface area contributed by atoms with Crippen molar-refractivity contribution in [3.05, 3.63) is 58.1 Å². The van der Waals surface area contributed by atoms with Gasteiger partial charge in [0.15, 0.2) is 0 Å². The molecule has 2 aliphatic rings. The lowest BCUT2D eigenvalue weighted by atomic mass is 10.00. The standard InChI is InChI=1S/C23H28N4O4.2ClH/c1-31-22-8-3-7-21-20(22)9-10-23(28)26(21)12-4-11-24-13-15-25(16-14-24)18-5-2-6-19(17-18)27(29)30;;/h2-3,5-8,17H,4,9-16H2,1H3;2*1H. The molecule has 8 nitrogen and oxygen atoms in total. The number of amides is 1. The molecular weight excluding hydrogens is 467 g/mol. The Morgan fingerprint density at radius 3 is 2.42 bits per heavy atom. The Morgan fingerprint density at radius 2 is 1.73 bits per heavy atom. The van der Waals surface area contributed by atoms with Gasteiger partial charge in [-0.1, -0.05) is 12.1 Å². The minimum Gasteiger partial charge on any atom is -0.496 e. The zero-order chi connectivity index (χ0) is 21.8. The Hall–Kier alpha value is -2.55. The van der Waals surface area contributed by atoms with Crippen molar-refractivity contribution in [2.75, 3.05) is 56.2 Å². The number of nitro groups is 1. The van der Waals surface area contributed by atoms with Crippen LogP contribution in [-0.4, -0.2) is 62.1 Å². The van der Waals surface area contributed by atoms with Gasteiger partial charge in [0.25, 0.3) is 5.69 Å². The van der Waals surface area contributed by atoms with Gasteiger partial charge in [0, 0.05) is 62.5 Å². The lowest BCUT2D eigenvalue weighted by Gasteiger charge is -2.36. The maximum Gasteiger partial charge on any atom is 0.271 e. The lowest BCUT2D eigenvalue weighted by Crippen LogP contribution is -2.47. The molecule has 0 bridgehead atoms. The maximum absolute atomic E-state index is 12.5. The number of fused-ring (bicyclic) bond motifs is 1. The molecule has 1 saturated heterocycles. The van der Waals surface area contributed by atoms with Crippen LogP contribution in [0.25, 0.3) is 0 Å². The third-order valence-corrected chi connectivity index (χ3v) is 6.14. The topological polar surface area (TPSA) is 79.2 Å². The minimum atomic E-state index is -0.352. The van der Waals surface area contributed by atoms with Crippen molar-refractivity contribution in [2.24, 2.45) is 0 Å². The number of nitrogens with zero attached hydrogens (tertiary/aromatic N) is 4. The first-order valence-corrected chi connectivity index (χ1v) is 10.7. The Morgan fingerprint density at radius 1 is 1.00 bits per heavy atom. The quantitative estimate of drug-likeness (QED) is 0.426. The fraction of sp³-hybridized carbons (Fsp3) is 0.435. The molecule has 0 spiro atoms. The summed E-state index contributed by atoms with van der Waals surface area (Å²) in [5, 5.41) is 11.0. The number of anilines is 2. The fourth-order valence-corrected chi connectivity index (χ4v) is 4.48. The van der Waals surface area contributed by atoms with E-state index in [1.54, 1.807) is 19.2 Å². The number of rotatable bonds is 7. The van der Waals surface area contributed by atoms with E-state index in [9.17, 15) is 14.9 Å². The first-order valence-electron chi connectivity index (χ1n) is 10.7. The third kappa shape index (κ3) is 6.07. The number of hydrogen-bond donors (Lipinski definition) is 0. The molecule has 2 aliphatic heterocycles. The third-order valence-electron chi connectivity index (χ3n) is 6.14. The highest BCUT2D eigenvalue weighted by molar-refractivity contribution is 5.97. The van der Waals surface area contributed by atoms with Gasteiger partial charge >= 0.3 is 0 Å². The average Bonchev–Trinajstić information content (AvgIpc) is 2.80. The van der Waals surface area contributed by atoms with Gasteiger partial charge in [0.2, 0.25) is 5.91 Å². The molecule has 2 aromatic rings. The van der Waals surface area contributed by atoms with Crippen molar-refractivity contribution in [2.45, 2.75) is 19.3 Å². The lowest BCUT2D eigenvalue weighted by molar-refractivity contribution is -0.384. The number of nitro benzene ring substituents is 1. The highest BCUT2D eigenvalue weighted by atomic mass is 35.5. The average molecular weight is 497 g/mol. The largest absolute Gasteiger partial charge is 0.496 e. The molecule has 4 rings (SSSR count). The monoisotopic (exact) mass is 496 g/mol. The van der Waals surface area contributed by atoms with E-state index in [0.717, 1.165) is 68.3 Å². The number of methoxy groups -OCH3 is 1. The molecule has 0 N–H and O–H groups in total. The van der Waals surface area contributed by atoms with Crippen molar-refractivity contribution < 1.29 is 14.5 Å². The van der Waals surface area contributed by atoms with E-state index in [-0.39, 0.29) is 41.3 Å². The molecule has 180 valence electrons. The Kier molecular flexibility index (Phi) is 9.76. The van der Waals surface area contributed by atoms with Crippen molar-refractivity contribution >= 4 is 47.8 Å². The Balaban J connectivity index is 0.00000193. The summed E-state index contributed by atoms with van der Waals surface area (Å²) in [5.41, 5.74) is 3.13. The predicted molar refractivity (Wildman–Crippen MR) is 135 cm³/mol. The summed E-state index contributed by atoms with van der Waals surface area (Å²) >= 11 is 0. The molecule has 0 saturated carbocycles. The molecule has 1 fully saturated rings. The normalized spacial score (nSPS) is 15.8. The van der Waals surface area contributed by atoms with Gasteiger partial charge in [-0.15, -0.1) is 24.8 Å². The highest BCUT2D eigenvalue weighted by Gasteiger charge is 2.26. The smallest absolute Gasteiger partial charge is 0.271 e. The summed E-state index contributed by atoms with van der Waals surface area (Å²) in [6.07, 6.45) is 2.16. The SMILES string of the molecule is COc1cccc2c1CCC(=O)N2CCCN1CCN(c2cccc([N+](=O)[O-])c2)CC1.Cl.Cl. The first kappa shape index (κ1) is 26.7. The molecule has 2 aromatic carbocycles. The molecule has 0 unspecified atom stereocenters. The minimum absolute atomic E-state index is 0. The molecule has 1 amide bonds. The van der Waals surface area contributed by atoms with Crippen LogP contribution < -0.4 is 14.5 Å². The van der Waals surface area contributed by atoms with Crippen molar-refractivity contribution in [3.63, 3.8) is 0 Å². The summed E-state index contributed by atoms with van der Waals surface area (Å²) in [7, 11) is 1.67. The summed E-state index contributed by atoms with van der Waals surface area (Å²) in [6, 6.07) is 12.7. The summed E-state index contributed by atoms with van der Waals surface area (Å²) in [4.78, 5) is 29.7. The van der Waals surface area contributed by atoms with E-state index in [1.807, 2.05) is 29.2 Å². The fourth-order valence-electron chi connectivity index (χ4n) is 4.48. The second-order valence-corrected chi connectivity index (χ2v) is 7.96. The number of ether oxygens (including phenoxy) is 1. The number of carbonyl (C=O) groups excluding carboxylic acids is 1. The maximum atomic E-state index is 12.5. The molecule has 0 aromatic heterocycles. The van der Waals surface area contributed by atoms with Gasteiger partial charge < -0.3 is 14.5 Å². The predicted octanol–water partition coefficient (Wildman–Crippen LogP) is 3.94. The van der Waals surface area contributed by atoms with Gasteiger partial charge in [-0.05, 0) is 37.6 Å². The second-order valence-electron chi connectivity index (χ2n) is 7.96. The van der Waals surface area contributed by atoms with Crippen LogP contribution >= 0.6 is 24.8 Å². The van der Waals surface area contributed by atoms with E-state index in [2.05, 4.69) is 9.80 Å². The number of non-ortho nitro benzene ring substituents is 1. The molecule has 0 radical (unpaired) electrons. The molecular formula is C23H30Cl2N4O4. The molecule has 0 atom stereocenters. The number of hydrogen-bond acceptors (Lipinski definition) is 6. The second kappa shape index (κ2) is 12.1. The van der Waals surface area contributed by atoms with E-state index < -0.39 is 0 Å². The summed E-state index contributed by atoms with van der Waals surface area (Å²) in [5.74, 6) is 1.03. The highest BCUT2D eigenvalue weighted by Crippen LogP contribution is 2.34. The Labute approximate surface area is 206 Å². The van der Waals surface area contributed by atoms with Crippen LogP contribution in [0.3, 0.4) is 0 Å².